The summed E-state index contributed by atoms with van der Waals surface area (Å²) >= 11 is 12.6. The number of pyridine rings is 6. The number of anilines is 1. The average Bonchev–Trinajstić information content (AvgIpc) is 1.63. The Morgan fingerprint density at radius 3 is 1.46 bits per heavy atom. The van der Waals surface area contributed by atoms with Crippen LogP contribution < -0.4 is 38.6 Å². The van der Waals surface area contributed by atoms with E-state index in [2.05, 4.69) is 117 Å². The maximum Gasteiger partial charge on any atom is 0.410 e. The van der Waals surface area contributed by atoms with E-state index in [0.717, 1.165) is 151 Å². The van der Waals surface area contributed by atoms with Gasteiger partial charge in [-0.25, -0.2) is 62.9 Å². The van der Waals surface area contributed by atoms with Gasteiger partial charge in [0, 0.05) is 85.1 Å². The molecule has 4 amide bonds. The predicted molar refractivity (Wildman–Crippen MR) is 522 cm³/mol. The monoisotopic (exact) mass is 1980 g/mol. The predicted octanol–water partition coefficient (Wildman–Crippen LogP) is 18.1. The smallest absolute Gasteiger partial charge is 0.410 e. The van der Waals surface area contributed by atoms with Crippen LogP contribution in [0, 0.1) is 34.0 Å². The first-order valence-corrected chi connectivity index (χ1v) is 52.6. The normalized spacial score (nSPS) is 19.6. The molecule has 3 saturated carbocycles. The summed E-state index contributed by atoms with van der Waals surface area (Å²) in [6, 6.07) is 23.9. The molecular formula is C98H131Cl3N18O14S3. The number of hydrogen-bond donors (Lipinski definition) is 4. The summed E-state index contributed by atoms with van der Waals surface area (Å²) in [5, 5.41) is 15.9. The number of aryl methyl sites for hydroxylation is 3. The van der Waals surface area contributed by atoms with E-state index in [1.165, 1.54) is 116 Å². The molecule has 38 heteroatoms. The molecule has 9 aromatic rings. The maximum atomic E-state index is 13.6. The van der Waals surface area contributed by atoms with Crippen molar-refractivity contribution in [1.82, 2.24) is 83.6 Å². The molecular weight excluding hydrogens is 1860 g/mol. The number of sulfonamides is 3. The van der Waals surface area contributed by atoms with E-state index in [4.69, 9.17) is 47.1 Å². The molecule has 0 spiro atoms. The zero-order chi connectivity index (χ0) is 96.5. The average molecular weight is 1990 g/mol. The molecule has 6 fully saturated rings. The van der Waals surface area contributed by atoms with E-state index < -0.39 is 53.4 Å². The lowest BCUT2D eigenvalue weighted by Gasteiger charge is -2.34. The minimum Gasteiger partial charge on any atom is -0.477 e. The van der Waals surface area contributed by atoms with E-state index in [1.807, 2.05) is 41.2 Å². The first kappa shape index (κ1) is 103. The lowest BCUT2D eigenvalue weighted by molar-refractivity contribution is 0.0130. The van der Waals surface area contributed by atoms with Gasteiger partial charge in [0.1, 0.15) is 21.7 Å². The number of amides is 4. The molecule has 3 saturated heterocycles. The number of unbranched alkanes of at least 4 members (excludes halogenated alkanes) is 4. The second kappa shape index (κ2) is 43.2. The van der Waals surface area contributed by atoms with Crippen LogP contribution in [-0.2, 0) is 54.1 Å². The van der Waals surface area contributed by atoms with Crippen molar-refractivity contribution in [3.05, 3.63) is 172 Å². The molecule has 5 aliphatic heterocycles. The third-order valence-corrected chi connectivity index (χ3v) is 31.2. The number of hydrogen-bond acceptors (Lipinski definition) is 25. The molecule has 3 aliphatic carbocycles. The Labute approximate surface area is 815 Å². The lowest BCUT2D eigenvalue weighted by Crippen LogP contribution is -2.45. The molecule has 736 valence electrons. The number of likely N-dealkylation sites (tertiary alicyclic amines) is 1. The van der Waals surface area contributed by atoms with Gasteiger partial charge in [0.25, 0.3) is 47.8 Å². The summed E-state index contributed by atoms with van der Waals surface area (Å²) in [6.45, 7) is 29.7. The molecule has 0 aromatic carbocycles. The quantitative estimate of drug-likeness (QED) is 0.0219. The maximum absolute atomic E-state index is 13.6. The fourth-order valence-electron chi connectivity index (χ4n) is 17.8. The molecule has 9 aromatic heterocycles. The van der Waals surface area contributed by atoms with Crippen molar-refractivity contribution in [2.45, 2.75) is 294 Å². The van der Waals surface area contributed by atoms with Gasteiger partial charge in [-0.05, 0) is 309 Å². The number of halogens is 3. The summed E-state index contributed by atoms with van der Waals surface area (Å²) in [5.41, 5.74) is 3.26. The van der Waals surface area contributed by atoms with Gasteiger partial charge in [0.05, 0.1) is 36.5 Å². The number of nitrogens with zero attached hydrogens (tertiary/aromatic N) is 14. The van der Waals surface area contributed by atoms with Gasteiger partial charge >= 0.3 is 6.09 Å². The van der Waals surface area contributed by atoms with Gasteiger partial charge in [-0.3, -0.25) is 14.4 Å². The van der Waals surface area contributed by atoms with Crippen molar-refractivity contribution < 1.29 is 63.4 Å². The van der Waals surface area contributed by atoms with E-state index >= 15 is 0 Å². The van der Waals surface area contributed by atoms with Crippen molar-refractivity contribution in [2.75, 3.05) is 44.4 Å². The number of fused-ring (bicyclic) bond motifs is 8. The van der Waals surface area contributed by atoms with Crippen LogP contribution in [0.4, 0.5) is 10.6 Å². The topological polar surface area (TPSA) is 393 Å². The summed E-state index contributed by atoms with van der Waals surface area (Å²) in [6.07, 6.45) is 38.3. The highest BCUT2D eigenvalue weighted by molar-refractivity contribution is 7.90. The van der Waals surface area contributed by atoms with Gasteiger partial charge in [-0.15, -0.1) is 27.7 Å². The Kier molecular flexibility index (Phi) is 32.9. The standard InChI is InChI=1S/C36H49ClN6O6S.C31H41ClN6O4S.C31H40N6O4S.ClH/c1-34(2,3)49-33(45)42-24-26(22-35(42,4)5)11-9-7-8-10-25-12-15-30(38-23-25)50(46,47)41-32(44)27-13-14-28(39-31(27)37)43-20-16-29(40-43)48-21-19-36(6)17-18-36;1-30(2)19-23(21-34-30)8-6-4-5-7-22-9-12-27(33-20-22)43(40,41)37-29(39)24-10-11-25(35-28(24)32)38-17-13-26(36-38)42-18-16-31(3)14-15-31;1-30(2)19-23-8-6-4-5-7-22-9-12-27(32-20-22)42(39,40)35-29(38)24-10-11-25(33-28(24)36(30)21-23)37-17-13-26(34-37)41-18-16-31(3)14-15-31;/h12-16,20,23,26H,7-11,17-19,21-22,24H2,1-6H3,(H,41,44);9-13,17,20,23,34H,4-8,14-16,18-19,21H2,1-3H3,(H,37,39);9-13,17,20,23H,4-8,14-16,18-19,21H2,1-3H3,(H,35,38);1H. The Hall–Kier alpha value is -9.91. The fourth-order valence-corrected chi connectivity index (χ4v) is 21.0. The van der Waals surface area contributed by atoms with Crippen molar-refractivity contribution in [3.63, 3.8) is 0 Å². The summed E-state index contributed by atoms with van der Waals surface area (Å²) in [7, 11) is -12.6. The van der Waals surface area contributed by atoms with Crippen LogP contribution in [-0.4, -0.2) is 175 Å². The van der Waals surface area contributed by atoms with Gasteiger partial charge in [-0.1, -0.05) is 101 Å². The number of rotatable bonds is 33. The van der Waals surface area contributed by atoms with Crippen LogP contribution >= 0.6 is 35.6 Å². The zero-order valence-electron chi connectivity index (χ0n) is 80.1. The van der Waals surface area contributed by atoms with E-state index in [1.54, 1.807) is 78.1 Å². The van der Waals surface area contributed by atoms with E-state index in [0.29, 0.717) is 95.4 Å². The number of carbonyl (C=O) groups is 4. The molecule has 136 heavy (non-hydrogen) atoms. The fraction of sp³-hybridized carbons (Fsp3) is 0.561. The van der Waals surface area contributed by atoms with Gasteiger partial charge in [-0.2, -0.15) is 25.3 Å². The highest BCUT2D eigenvalue weighted by Crippen LogP contribution is 2.50. The molecule has 17 rings (SSSR count). The zero-order valence-corrected chi connectivity index (χ0v) is 84.8. The molecule has 8 aliphatic rings. The molecule has 0 radical (unpaired) electrons. The van der Waals surface area contributed by atoms with Crippen molar-refractivity contribution in [1.29, 1.82) is 0 Å². The third-order valence-electron chi connectivity index (χ3n) is 26.9. The summed E-state index contributed by atoms with van der Waals surface area (Å²) in [4.78, 5) is 81.8. The minimum absolute atomic E-state index is 0. The van der Waals surface area contributed by atoms with Crippen LogP contribution in [0.2, 0.25) is 10.3 Å². The van der Waals surface area contributed by atoms with Crippen LogP contribution in [0.5, 0.6) is 17.6 Å². The first-order chi connectivity index (χ1) is 63.9. The largest absolute Gasteiger partial charge is 0.477 e. The lowest BCUT2D eigenvalue weighted by atomic mass is 9.92. The number of nitrogens with one attached hydrogen (secondary N) is 4. The van der Waals surface area contributed by atoms with Crippen LogP contribution in [0.3, 0.4) is 0 Å². The van der Waals surface area contributed by atoms with Crippen molar-refractivity contribution in [3.8, 4) is 35.1 Å². The Morgan fingerprint density at radius 2 is 1.02 bits per heavy atom. The van der Waals surface area contributed by atoms with Crippen molar-refractivity contribution in [2.24, 2.45) is 34.0 Å². The molecule has 4 N–H and O–H groups in total. The third kappa shape index (κ3) is 28.4. The second-order valence-corrected chi connectivity index (χ2v) is 47.1. The second-order valence-electron chi connectivity index (χ2n) is 41.5. The summed E-state index contributed by atoms with van der Waals surface area (Å²) < 4.78 is 112. The highest BCUT2D eigenvalue weighted by atomic mass is 35.5. The SMILES string of the molecule is CC1(CCOc2ccn(-c3ccc(C(=O)NS(=O)(=O)c4ccc(CCCCCC5CN(C(=O)OC(C)(C)C)C(C)(C)C5)cn4)c(Cl)n3)n2)CC1.CC1(CCOc2ccn(-c3ccc(C(=O)NS(=O)(=O)c4ccc(CCCCCC5CNC(C)(C)C5)cn4)c(Cl)n3)n2)CC1.CC1(CCOc2ccn(-c3ccc4c(n3)N3CC(CCCCCc5ccc(nc5)S(=O)(=O)NC4=O)CC3(C)C)n2)CC1.Cl. The minimum atomic E-state index is -4.25. The summed E-state index contributed by atoms with van der Waals surface area (Å²) in [5.74, 6) is 2.19. The van der Waals surface area contributed by atoms with Gasteiger partial charge in [0.15, 0.2) is 32.5 Å². The number of aromatic nitrogens is 12. The first-order valence-electron chi connectivity index (χ1n) is 47.4. The van der Waals surface area contributed by atoms with Crippen molar-refractivity contribution >= 4 is 95.3 Å². The van der Waals surface area contributed by atoms with Crippen LogP contribution in [0.1, 0.15) is 285 Å². The van der Waals surface area contributed by atoms with Gasteiger partial charge in [0.2, 0.25) is 17.6 Å². The molecule has 3 unspecified atom stereocenters. The Balaban J connectivity index is 0.000000173. The molecule has 4 bridgehead atoms. The molecule has 3 atom stereocenters. The molecule has 14 heterocycles. The van der Waals surface area contributed by atoms with E-state index in [9.17, 15) is 44.4 Å². The Bertz CT molecular complexity index is 6040. The molecule has 32 nitrogen and oxygen atoms in total. The van der Waals surface area contributed by atoms with Crippen LogP contribution in [0.25, 0.3) is 17.5 Å². The Morgan fingerprint density at radius 1 is 0.537 bits per heavy atom. The van der Waals surface area contributed by atoms with E-state index in [-0.39, 0.29) is 77.2 Å². The highest BCUT2D eigenvalue weighted by Gasteiger charge is 2.45. The number of carbonyl (C=O) groups excluding carboxylic acids is 4. The van der Waals surface area contributed by atoms with Gasteiger partial charge < -0.3 is 34.1 Å². The van der Waals surface area contributed by atoms with Crippen LogP contribution in [0.15, 0.2) is 143 Å². The number of ether oxygens (including phenoxy) is 4.